The zero-order valence-electron chi connectivity index (χ0n) is 17.2. The zero-order valence-corrected chi connectivity index (χ0v) is 18.0. The highest BCUT2D eigenvalue weighted by molar-refractivity contribution is 8.00. The summed E-state index contributed by atoms with van der Waals surface area (Å²) in [5.41, 5.74) is 1.08. The predicted molar refractivity (Wildman–Crippen MR) is 115 cm³/mol. The fourth-order valence-corrected chi connectivity index (χ4v) is 6.39. The van der Waals surface area contributed by atoms with E-state index in [2.05, 4.69) is 4.90 Å². The van der Waals surface area contributed by atoms with Crippen molar-refractivity contribution in [3.8, 4) is 0 Å². The molecule has 0 bridgehead atoms. The van der Waals surface area contributed by atoms with E-state index < -0.39 is 0 Å². The number of thioether (sulfide) groups is 1. The number of likely N-dealkylation sites (tertiary alicyclic amines) is 1. The van der Waals surface area contributed by atoms with Crippen LogP contribution in [0.15, 0.2) is 30.3 Å². The van der Waals surface area contributed by atoms with E-state index in [1.807, 2.05) is 47.0 Å². The molecule has 2 heterocycles. The van der Waals surface area contributed by atoms with E-state index in [4.69, 9.17) is 4.74 Å². The van der Waals surface area contributed by atoms with Crippen LogP contribution in [-0.2, 0) is 20.9 Å². The van der Waals surface area contributed by atoms with Gasteiger partial charge in [0.1, 0.15) is 6.61 Å². The van der Waals surface area contributed by atoms with E-state index >= 15 is 0 Å². The average Bonchev–Trinajstić information content (AvgIpc) is 3.18. The van der Waals surface area contributed by atoms with Crippen LogP contribution in [0.1, 0.15) is 50.5 Å². The number of rotatable bonds is 5. The van der Waals surface area contributed by atoms with Gasteiger partial charge in [-0.3, -0.25) is 9.59 Å². The molecular weight excluding hydrogens is 384 g/mol. The molecular formula is C23H32N2O3S. The van der Waals surface area contributed by atoms with Crippen LogP contribution in [-0.4, -0.2) is 58.5 Å². The van der Waals surface area contributed by atoms with Crippen molar-refractivity contribution in [3.63, 3.8) is 0 Å². The number of carbonyl (C=O) groups excluding carboxylic acids is 2. The number of hydrogen-bond donors (Lipinski definition) is 0. The highest BCUT2D eigenvalue weighted by Crippen LogP contribution is 2.45. The molecule has 6 heteroatoms. The largest absolute Gasteiger partial charge is 0.367 e. The SMILES string of the molecule is O=C(COCc1ccccc1)N1CCC2(CC1)SCCN2C(=O)C1CCCCC1. The van der Waals surface area contributed by atoms with Gasteiger partial charge in [0.25, 0.3) is 0 Å². The van der Waals surface area contributed by atoms with E-state index in [1.165, 1.54) is 19.3 Å². The second kappa shape index (κ2) is 9.52. The van der Waals surface area contributed by atoms with Gasteiger partial charge in [0.2, 0.25) is 11.8 Å². The van der Waals surface area contributed by atoms with Crippen LogP contribution in [0, 0.1) is 5.92 Å². The van der Waals surface area contributed by atoms with Gasteiger partial charge < -0.3 is 14.5 Å². The van der Waals surface area contributed by atoms with Gasteiger partial charge in [-0.15, -0.1) is 11.8 Å². The summed E-state index contributed by atoms with van der Waals surface area (Å²) in [6, 6.07) is 9.94. The molecule has 29 heavy (non-hydrogen) atoms. The first-order valence-corrected chi connectivity index (χ1v) is 12.0. The molecule has 1 aromatic rings. The summed E-state index contributed by atoms with van der Waals surface area (Å²) in [5, 5.41) is 0. The van der Waals surface area contributed by atoms with Gasteiger partial charge in [-0.1, -0.05) is 49.6 Å². The number of piperidine rings is 1. The van der Waals surface area contributed by atoms with Crippen molar-refractivity contribution >= 4 is 23.6 Å². The second-order valence-electron chi connectivity index (χ2n) is 8.48. The molecule has 2 amide bonds. The maximum Gasteiger partial charge on any atom is 0.248 e. The van der Waals surface area contributed by atoms with Crippen LogP contribution in [0.4, 0.5) is 0 Å². The summed E-state index contributed by atoms with van der Waals surface area (Å²) < 4.78 is 5.63. The van der Waals surface area contributed by atoms with Crippen LogP contribution in [0.25, 0.3) is 0 Å². The van der Waals surface area contributed by atoms with Gasteiger partial charge >= 0.3 is 0 Å². The van der Waals surface area contributed by atoms with Gasteiger partial charge in [-0.2, -0.15) is 0 Å². The molecule has 4 rings (SSSR count). The lowest BCUT2D eigenvalue weighted by atomic mass is 9.87. The molecule has 1 saturated carbocycles. The van der Waals surface area contributed by atoms with Gasteiger partial charge in [0.15, 0.2) is 0 Å². The lowest BCUT2D eigenvalue weighted by molar-refractivity contribution is -0.142. The molecule has 1 aromatic carbocycles. The molecule has 2 saturated heterocycles. The molecule has 3 fully saturated rings. The van der Waals surface area contributed by atoms with E-state index in [9.17, 15) is 9.59 Å². The Labute approximate surface area is 178 Å². The van der Waals surface area contributed by atoms with Gasteiger partial charge in [0.05, 0.1) is 11.5 Å². The van der Waals surface area contributed by atoms with Crippen LogP contribution < -0.4 is 0 Å². The van der Waals surface area contributed by atoms with E-state index in [0.29, 0.717) is 12.5 Å². The number of amides is 2. The normalized spacial score (nSPS) is 22.2. The van der Waals surface area contributed by atoms with Crippen LogP contribution >= 0.6 is 11.8 Å². The maximum atomic E-state index is 13.2. The summed E-state index contributed by atoms with van der Waals surface area (Å²) in [6.45, 7) is 2.89. The summed E-state index contributed by atoms with van der Waals surface area (Å²) in [4.78, 5) is 29.8. The first kappa shape index (κ1) is 20.7. The smallest absolute Gasteiger partial charge is 0.248 e. The minimum Gasteiger partial charge on any atom is -0.367 e. The van der Waals surface area contributed by atoms with Crippen molar-refractivity contribution in [2.24, 2.45) is 5.92 Å². The molecule has 5 nitrogen and oxygen atoms in total. The molecule has 1 spiro atoms. The summed E-state index contributed by atoms with van der Waals surface area (Å²) >= 11 is 1.93. The third kappa shape index (κ3) is 4.80. The van der Waals surface area contributed by atoms with Crippen molar-refractivity contribution in [3.05, 3.63) is 35.9 Å². The van der Waals surface area contributed by atoms with Crippen molar-refractivity contribution < 1.29 is 14.3 Å². The Morgan fingerprint density at radius 2 is 1.76 bits per heavy atom. The number of benzene rings is 1. The molecule has 0 radical (unpaired) electrons. The molecule has 1 aliphatic carbocycles. The zero-order chi connectivity index (χ0) is 20.1. The van der Waals surface area contributed by atoms with Crippen molar-refractivity contribution in [1.29, 1.82) is 0 Å². The first-order chi connectivity index (χ1) is 14.2. The topological polar surface area (TPSA) is 49.9 Å². The summed E-state index contributed by atoms with van der Waals surface area (Å²) in [6.07, 6.45) is 7.51. The fourth-order valence-electron chi connectivity index (χ4n) is 4.93. The standard InChI is InChI=1S/C23H32N2O3S/c26-21(18-28-17-19-7-3-1-4-8-19)24-13-11-23(12-14-24)25(15-16-29-23)22(27)20-9-5-2-6-10-20/h1,3-4,7-8,20H,2,5-6,9-18H2. The van der Waals surface area contributed by atoms with Gasteiger partial charge in [-0.05, 0) is 31.2 Å². The third-order valence-electron chi connectivity index (χ3n) is 6.63. The Morgan fingerprint density at radius 1 is 1.03 bits per heavy atom. The van der Waals surface area contributed by atoms with Crippen LogP contribution in [0.2, 0.25) is 0 Å². The van der Waals surface area contributed by atoms with Crippen molar-refractivity contribution in [2.75, 3.05) is 32.0 Å². The molecule has 3 aliphatic rings. The van der Waals surface area contributed by atoms with E-state index in [-0.39, 0.29) is 23.3 Å². The quantitative estimate of drug-likeness (QED) is 0.735. The van der Waals surface area contributed by atoms with Crippen molar-refractivity contribution in [2.45, 2.75) is 56.4 Å². The molecule has 158 valence electrons. The monoisotopic (exact) mass is 416 g/mol. The second-order valence-corrected chi connectivity index (χ2v) is 9.94. The van der Waals surface area contributed by atoms with E-state index in [1.54, 1.807) is 0 Å². The molecule has 0 unspecified atom stereocenters. The number of ether oxygens (including phenoxy) is 1. The Morgan fingerprint density at radius 3 is 2.48 bits per heavy atom. The van der Waals surface area contributed by atoms with Gasteiger partial charge in [-0.25, -0.2) is 0 Å². The van der Waals surface area contributed by atoms with Gasteiger partial charge in [0, 0.05) is 31.3 Å². The maximum absolute atomic E-state index is 13.2. The number of carbonyl (C=O) groups is 2. The average molecular weight is 417 g/mol. The Balaban J connectivity index is 1.27. The van der Waals surface area contributed by atoms with Crippen LogP contribution in [0.5, 0.6) is 0 Å². The Bertz CT molecular complexity index is 697. The first-order valence-electron chi connectivity index (χ1n) is 11.0. The Hall–Kier alpha value is -1.53. The van der Waals surface area contributed by atoms with Crippen LogP contribution in [0.3, 0.4) is 0 Å². The lowest BCUT2D eigenvalue weighted by Crippen LogP contribution is -2.55. The molecule has 2 aliphatic heterocycles. The third-order valence-corrected chi connectivity index (χ3v) is 8.19. The minimum absolute atomic E-state index is 0.0592. The lowest BCUT2D eigenvalue weighted by Gasteiger charge is -2.45. The van der Waals surface area contributed by atoms with Crippen molar-refractivity contribution in [1.82, 2.24) is 9.80 Å². The Kier molecular flexibility index (Phi) is 6.81. The number of nitrogens with zero attached hydrogens (tertiary/aromatic N) is 2. The summed E-state index contributed by atoms with van der Waals surface area (Å²) in [5.74, 6) is 1.68. The number of hydrogen-bond acceptors (Lipinski definition) is 4. The predicted octanol–water partition coefficient (Wildman–Crippen LogP) is 3.68. The highest BCUT2D eigenvalue weighted by Gasteiger charge is 2.48. The molecule has 0 atom stereocenters. The molecule has 0 aromatic heterocycles. The highest BCUT2D eigenvalue weighted by atomic mass is 32.2. The fraction of sp³-hybridized carbons (Fsp3) is 0.652. The molecule has 0 N–H and O–H groups in total. The minimum atomic E-state index is -0.0871. The summed E-state index contributed by atoms with van der Waals surface area (Å²) in [7, 11) is 0. The van der Waals surface area contributed by atoms with E-state index in [0.717, 1.165) is 56.6 Å².